The Morgan fingerprint density at radius 3 is 2.88 bits per heavy atom. The van der Waals surface area contributed by atoms with E-state index in [0.717, 1.165) is 36.6 Å². The Labute approximate surface area is 153 Å². The minimum atomic E-state index is -0.0647. The fourth-order valence-electron chi connectivity index (χ4n) is 3.12. The number of aromatic nitrogens is 2. The molecule has 1 aliphatic rings. The summed E-state index contributed by atoms with van der Waals surface area (Å²) in [6.07, 6.45) is 8.17. The molecular weight excluding hydrogens is 324 g/mol. The van der Waals surface area contributed by atoms with Crippen molar-refractivity contribution in [2.75, 3.05) is 18.4 Å². The Morgan fingerprint density at radius 1 is 1.19 bits per heavy atom. The highest BCUT2D eigenvalue weighted by Gasteiger charge is 2.20. The number of nitrogens with zero attached hydrogens (tertiary/aromatic N) is 1. The van der Waals surface area contributed by atoms with Crippen LogP contribution >= 0.6 is 0 Å². The maximum Gasteiger partial charge on any atom is 0.252 e. The molecule has 0 saturated heterocycles. The fraction of sp³-hybridized carbons (Fsp3) is 0.333. The summed E-state index contributed by atoms with van der Waals surface area (Å²) < 4.78 is 0. The first-order valence-electron chi connectivity index (χ1n) is 9.33. The second-order valence-corrected chi connectivity index (χ2v) is 6.98. The van der Waals surface area contributed by atoms with E-state index in [1.165, 1.54) is 23.8 Å². The van der Waals surface area contributed by atoms with Gasteiger partial charge in [0.2, 0.25) is 0 Å². The lowest BCUT2D eigenvalue weighted by molar-refractivity contribution is 0.0953. The lowest BCUT2D eigenvalue weighted by Gasteiger charge is -2.07. The highest BCUT2D eigenvalue weighted by molar-refractivity contribution is 5.94. The summed E-state index contributed by atoms with van der Waals surface area (Å²) in [5.41, 5.74) is 3.06. The first-order valence-corrected chi connectivity index (χ1v) is 9.33. The standard InChI is InChI=1S/C21H24N4O/c26-21(17-9-10-20(25-14-17)24-12-15-7-8-15)22-11-3-4-16-13-23-19-6-2-1-5-18(16)19/h1-2,5-6,9-10,13-15,23H,3-4,7-8,11-12H2,(H,22,26)(H,24,25). The molecule has 0 unspecified atom stereocenters. The van der Waals surface area contributed by atoms with Crippen molar-refractivity contribution < 1.29 is 4.79 Å². The van der Waals surface area contributed by atoms with Crippen molar-refractivity contribution in [3.63, 3.8) is 0 Å². The van der Waals surface area contributed by atoms with Gasteiger partial charge in [0.15, 0.2) is 0 Å². The number of carbonyl (C=O) groups is 1. The van der Waals surface area contributed by atoms with Gasteiger partial charge in [0, 0.05) is 36.4 Å². The molecule has 3 aromatic rings. The Hall–Kier alpha value is -2.82. The molecule has 0 aliphatic heterocycles. The van der Waals surface area contributed by atoms with Gasteiger partial charge in [0.05, 0.1) is 5.56 Å². The normalized spacial score (nSPS) is 13.7. The Bertz CT molecular complexity index is 880. The predicted molar refractivity (Wildman–Crippen MR) is 104 cm³/mol. The van der Waals surface area contributed by atoms with Gasteiger partial charge < -0.3 is 15.6 Å². The molecule has 1 aromatic carbocycles. The number of aromatic amines is 1. The van der Waals surface area contributed by atoms with Crippen LogP contribution in [0.4, 0.5) is 5.82 Å². The molecule has 1 amide bonds. The van der Waals surface area contributed by atoms with Gasteiger partial charge >= 0.3 is 0 Å². The number of hydrogen-bond acceptors (Lipinski definition) is 3. The van der Waals surface area contributed by atoms with Crippen LogP contribution in [0, 0.1) is 5.92 Å². The molecule has 134 valence electrons. The Kier molecular flexibility index (Phi) is 4.86. The third-order valence-electron chi connectivity index (χ3n) is 4.88. The van der Waals surface area contributed by atoms with E-state index in [9.17, 15) is 4.79 Å². The largest absolute Gasteiger partial charge is 0.370 e. The third kappa shape index (κ3) is 4.04. The molecule has 2 aromatic heterocycles. The van der Waals surface area contributed by atoms with Gasteiger partial charge in [-0.1, -0.05) is 18.2 Å². The van der Waals surface area contributed by atoms with E-state index in [1.807, 2.05) is 18.2 Å². The number of aryl methyl sites for hydroxylation is 1. The molecule has 4 rings (SSSR count). The van der Waals surface area contributed by atoms with Gasteiger partial charge in [0.25, 0.3) is 5.91 Å². The van der Waals surface area contributed by atoms with Crippen molar-refractivity contribution in [2.24, 2.45) is 5.92 Å². The molecule has 1 aliphatic carbocycles. The number of rotatable bonds is 8. The highest BCUT2D eigenvalue weighted by atomic mass is 16.1. The second-order valence-electron chi connectivity index (χ2n) is 6.98. The summed E-state index contributed by atoms with van der Waals surface area (Å²) in [5.74, 6) is 1.58. The summed E-state index contributed by atoms with van der Waals surface area (Å²) >= 11 is 0. The second kappa shape index (κ2) is 7.60. The molecule has 2 heterocycles. The first kappa shape index (κ1) is 16.6. The number of carbonyl (C=O) groups excluding carboxylic acids is 1. The maximum absolute atomic E-state index is 12.2. The predicted octanol–water partition coefficient (Wildman–Crippen LogP) is 3.75. The SMILES string of the molecule is O=C(NCCCc1c[nH]c2ccccc12)c1ccc(NCC2CC2)nc1. The maximum atomic E-state index is 12.2. The van der Waals surface area contributed by atoms with Crippen LogP contribution < -0.4 is 10.6 Å². The van der Waals surface area contributed by atoms with Gasteiger partial charge in [-0.05, 0) is 55.4 Å². The van der Waals surface area contributed by atoms with Crippen LogP contribution in [0.3, 0.4) is 0 Å². The summed E-state index contributed by atoms with van der Waals surface area (Å²) in [6, 6.07) is 12.0. The molecular formula is C21H24N4O. The fourth-order valence-corrected chi connectivity index (χ4v) is 3.12. The molecule has 0 bridgehead atoms. The van der Waals surface area contributed by atoms with E-state index in [4.69, 9.17) is 0 Å². The van der Waals surface area contributed by atoms with E-state index in [1.54, 1.807) is 6.20 Å². The van der Waals surface area contributed by atoms with Gasteiger partial charge in [0.1, 0.15) is 5.82 Å². The van der Waals surface area contributed by atoms with E-state index in [0.29, 0.717) is 12.1 Å². The molecule has 0 radical (unpaired) electrons. The first-order chi connectivity index (χ1) is 12.8. The molecule has 3 N–H and O–H groups in total. The topological polar surface area (TPSA) is 69.8 Å². The molecule has 0 atom stereocenters. The van der Waals surface area contributed by atoms with Crippen molar-refractivity contribution in [3.05, 3.63) is 59.9 Å². The van der Waals surface area contributed by atoms with Gasteiger partial charge in [-0.2, -0.15) is 0 Å². The number of pyridine rings is 1. The van der Waals surface area contributed by atoms with Crippen molar-refractivity contribution >= 4 is 22.6 Å². The number of anilines is 1. The lowest BCUT2D eigenvalue weighted by atomic mass is 10.1. The highest BCUT2D eigenvalue weighted by Crippen LogP contribution is 2.28. The minimum absolute atomic E-state index is 0.0647. The molecule has 1 fully saturated rings. The van der Waals surface area contributed by atoms with Crippen LogP contribution in [0.1, 0.15) is 35.2 Å². The quantitative estimate of drug-likeness (QED) is 0.543. The monoisotopic (exact) mass is 348 g/mol. The van der Waals surface area contributed by atoms with Crippen LogP contribution in [0.25, 0.3) is 10.9 Å². The molecule has 1 saturated carbocycles. The van der Waals surface area contributed by atoms with Crippen LogP contribution in [-0.4, -0.2) is 29.0 Å². The summed E-state index contributed by atoms with van der Waals surface area (Å²) in [5, 5.41) is 7.55. The minimum Gasteiger partial charge on any atom is -0.370 e. The van der Waals surface area contributed by atoms with Gasteiger partial charge in [-0.25, -0.2) is 4.98 Å². The van der Waals surface area contributed by atoms with E-state index in [2.05, 4.69) is 45.0 Å². The number of benzene rings is 1. The van der Waals surface area contributed by atoms with Crippen molar-refractivity contribution in [1.82, 2.24) is 15.3 Å². The zero-order valence-corrected chi connectivity index (χ0v) is 14.8. The third-order valence-corrected chi connectivity index (χ3v) is 4.88. The zero-order chi connectivity index (χ0) is 17.8. The lowest BCUT2D eigenvalue weighted by Crippen LogP contribution is -2.25. The van der Waals surface area contributed by atoms with E-state index >= 15 is 0 Å². The Morgan fingerprint density at radius 2 is 2.08 bits per heavy atom. The molecule has 5 heteroatoms. The Balaban J connectivity index is 1.23. The van der Waals surface area contributed by atoms with Crippen molar-refractivity contribution in [1.29, 1.82) is 0 Å². The van der Waals surface area contributed by atoms with E-state index in [-0.39, 0.29) is 5.91 Å². The number of H-pyrrole nitrogens is 1. The van der Waals surface area contributed by atoms with Crippen LogP contribution in [0.2, 0.25) is 0 Å². The van der Waals surface area contributed by atoms with Crippen molar-refractivity contribution in [3.8, 4) is 0 Å². The summed E-state index contributed by atoms with van der Waals surface area (Å²) in [6.45, 7) is 1.63. The number of para-hydroxylation sites is 1. The van der Waals surface area contributed by atoms with Gasteiger partial charge in [-0.3, -0.25) is 4.79 Å². The van der Waals surface area contributed by atoms with Crippen LogP contribution in [0.15, 0.2) is 48.8 Å². The molecule has 0 spiro atoms. The molecule has 26 heavy (non-hydrogen) atoms. The average Bonchev–Trinajstić information content (AvgIpc) is 3.43. The molecule has 5 nitrogen and oxygen atoms in total. The zero-order valence-electron chi connectivity index (χ0n) is 14.8. The smallest absolute Gasteiger partial charge is 0.252 e. The summed E-state index contributed by atoms with van der Waals surface area (Å²) in [4.78, 5) is 19.8. The van der Waals surface area contributed by atoms with Crippen LogP contribution in [-0.2, 0) is 6.42 Å². The number of hydrogen-bond donors (Lipinski definition) is 3. The van der Waals surface area contributed by atoms with Crippen molar-refractivity contribution in [2.45, 2.75) is 25.7 Å². The number of amides is 1. The summed E-state index contributed by atoms with van der Waals surface area (Å²) in [7, 11) is 0. The average molecular weight is 348 g/mol. The van der Waals surface area contributed by atoms with E-state index < -0.39 is 0 Å². The number of nitrogens with one attached hydrogen (secondary N) is 3. The van der Waals surface area contributed by atoms with Crippen LogP contribution in [0.5, 0.6) is 0 Å². The van der Waals surface area contributed by atoms with Gasteiger partial charge in [-0.15, -0.1) is 0 Å². The number of fused-ring (bicyclic) bond motifs is 1.